The number of anilines is 1. The number of nitrogens with one attached hydrogen (secondary N) is 1. The molecule has 0 spiro atoms. The zero-order valence-electron chi connectivity index (χ0n) is 12.3. The highest BCUT2D eigenvalue weighted by Crippen LogP contribution is 2.45. The van der Waals surface area contributed by atoms with Crippen LogP contribution < -0.4 is 5.32 Å². The minimum Gasteiger partial charge on any atom is -0.382 e. The molecule has 2 aliphatic rings. The Morgan fingerprint density at radius 1 is 1.20 bits per heavy atom. The molecule has 2 aliphatic carbocycles. The van der Waals surface area contributed by atoms with Crippen molar-refractivity contribution in [3.05, 3.63) is 29.8 Å². The van der Waals surface area contributed by atoms with E-state index >= 15 is 0 Å². The molecule has 3 nitrogen and oxygen atoms in total. The maximum atomic E-state index is 5.58. The number of rotatable bonds is 7. The summed E-state index contributed by atoms with van der Waals surface area (Å²) in [6.07, 6.45) is 5.68. The summed E-state index contributed by atoms with van der Waals surface area (Å²) in [5, 5.41) is 3.73. The number of methoxy groups -OCH3 is 1. The topological polar surface area (TPSA) is 30.5 Å². The molecule has 0 aliphatic heterocycles. The van der Waals surface area contributed by atoms with Gasteiger partial charge in [0.1, 0.15) is 0 Å². The quantitative estimate of drug-likeness (QED) is 0.773. The van der Waals surface area contributed by atoms with Crippen LogP contribution >= 0.6 is 0 Å². The third-order valence-corrected chi connectivity index (χ3v) is 4.72. The third-order valence-electron chi connectivity index (χ3n) is 4.72. The fourth-order valence-electron chi connectivity index (χ4n) is 3.72. The average molecular weight is 275 g/mol. The highest BCUT2D eigenvalue weighted by Gasteiger charge is 2.39. The van der Waals surface area contributed by atoms with E-state index in [4.69, 9.17) is 9.47 Å². The number of hydrogen-bond acceptors (Lipinski definition) is 3. The summed E-state index contributed by atoms with van der Waals surface area (Å²) in [4.78, 5) is 0. The molecule has 110 valence electrons. The summed E-state index contributed by atoms with van der Waals surface area (Å²) in [6.45, 7) is 1.97. The maximum Gasteiger partial charge on any atom is 0.0718 e. The zero-order chi connectivity index (χ0) is 13.8. The standard InChI is InChI=1S/C17H25NO2/c1-19-7-8-20-12-14-3-2-4-16(10-14)18-17-11-13-5-6-15(17)9-13/h2-4,10,13,15,17-18H,5-9,11-12H2,1H3. The Morgan fingerprint density at radius 3 is 2.90 bits per heavy atom. The van der Waals surface area contributed by atoms with E-state index in [1.807, 2.05) is 0 Å². The first kappa shape index (κ1) is 13.9. The fraction of sp³-hybridized carbons (Fsp3) is 0.647. The average Bonchev–Trinajstić information content (AvgIpc) is 3.07. The second-order valence-electron chi connectivity index (χ2n) is 6.17. The van der Waals surface area contributed by atoms with Crippen molar-refractivity contribution < 1.29 is 9.47 Å². The molecule has 2 fully saturated rings. The van der Waals surface area contributed by atoms with Gasteiger partial charge in [-0.1, -0.05) is 18.6 Å². The lowest BCUT2D eigenvalue weighted by molar-refractivity contribution is 0.0617. The Bertz CT molecular complexity index is 435. The van der Waals surface area contributed by atoms with Crippen molar-refractivity contribution in [1.29, 1.82) is 0 Å². The van der Waals surface area contributed by atoms with E-state index in [1.54, 1.807) is 7.11 Å². The summed E-state index contributed by atoms with van der Waals surface area (Å²) in [5.41, 5.74) is 2.48. The summed E-state index contributed by atoms with van der Waals surface area (Å²) >= 11 is 0. The first-order chi connectivity index (χ1) is 9.85. The normalized spacial score (nSPS) is 27.9. The van der Waals surface area contributed by atoms with Gasteiger partial charge in [-0.3, -0.25) is 0 Å². The van der Waals surface area contributed by atoms with E-state index in [0.717, 1.165) is 11.8 Å². The van der Waals surface area contributed by atoms with Crippen molar-refractivity contribution in [3.8, 4) is 0 Å². The predicted molar refractivity (Wildman–Crippen MR) is 80.8 cm³/mol. The van der Waals surface area contributed by atoms with Crippen LogP contribution in [0.5, 0.6) is 0 Å². The fourth-order valence-corrected chi connectivity index (χ4v) is 3.72. The van der Waals surface area contributed by atoms with Gasteiger partial charge in [0.2, 0.25) is 0 Å². The minimum absolute atomic E-state index is 0.653. The molecule has 3 heteroatoms. The van der Waals surface area contributed by atoms with Crippen molar-refractivity contribution in [2.45, 2.75) is 38.3 Å². The molecular formula is C17H25NO2. The third kappa shape index (κ3) is 3.33. The maximum absolute atomic E-state index is 5.58. The Labute approximate surface area is 121 Å². The van der Waals surface area contributed by atoms with Crippen molar-refractivity contribution in [2.24, 2.45) is 11.8 Å². The number of hydrogen-bond donors (Lipinski definition) is 1. The monoisotopic (exact) mass is 275 g/mol. The van der Waals surface area contributed by atoms with Gasteiger partial charge >= 0.3 is 0 Å². The molecule has 2 saturated carbocycles. The molecule has 0 heterocycles. The molecule has 0 amide bonds. The van der Waals surface area contributed by atoms with Crippen molar-refractivity contribution in [2.75, 3.05) is 25.6 Å². The van der Waals surface area contributed by atoms with E-state index in [9.17, 15) is 0 Å². The second-order valence-corrected chi connectivity index (χ2v) is 6.17. The van der Waals surface area contributed by atoms with E-state index in [-0.39, 0.29) is 0 Å². The molecule has 3 atom stereocenters. The van der Waals surface area contributed by atoms with Gasteiger partial charge in [0.25, 0.3) is 0 Å². The van der Waals surface area contributed by atoms with Crippen LogP contribution in [0.3, 0.4) is 0 Å². The summed E-state index contributed by atoms with van der Waals surface area (Å²) < 4.78 is 10.6. The van der Waals surface area contributed by atoms with Gasteiger partial charge < -0.3 is 14.8 Å². The van der Waals surface area contributed by atoms with Gasteiger partial charge in [-0.25, -0.2) is 0 Å². The Hall–Kier alpha value is -1.06. The van der Waals surface area contributed by atoms with Crippen LogP contribution in [0.2, 0.25) is 0 Å². The van der Waals surface area contributed by atoms with E-state index < -0.39 is 0 Å². The van der Waals surface area contributed by atoms with Gasteiger partial charge in [0, 0.05) is 18.8 Å². The van der Waals surface area contributed by atoms with Crippen molar-refractivity contribution in [1.82, 2.24) is 0 Å². The molecule has 0 radical (unpaired) electrons. The lowest BCUT2D eigenvalue weighted by Gasteiger charge is -2.24. The highest BCUT2D eigenvalue weighted by molar-refractivity contribution is 5.47. The molecule has 1 aromatic rings. The SMILES string of the molecule is COCCOCc1cccc(NC2CC3CCC2C3)c1. The molecule has 3 unspecified atom stereocenters. The van der Waals surface area contributed by atoms with Crippen molar-refractivity contribution in [3.63, 3.8) is 0 Å². The van der Waals surface area contributed by atoms with Crippen LogP contribution in [0, 0.1) is 11.8 Å². The molecular weight excluding hydrogens is 250 g/mol. The van der Waals surface area contributed by atoms with Crippen molar-refractivity contribution >= 4 is 5.69 Å². The van der Waals surface area contributed by atoms with Crippen LogP contribution in [0.15, 0.2) is 24.3 Å². The molecule has 0 saturated heterocycles. The van der Waals surface area contributed by atoms with E-state index in [2.05, 4.69) is 29.6 Å². The Balaban J connectivity index is 1.52. The molecule has 3 rings (SSSR count). The summed E-state index contributed by atoms with van der Waals surface area (Å²) in [7, 11) is 1.70. The summed E-state index contributed by atoms with van der Waals surface area (Å²) in [6, 6.07) is 9.32. The van der Waals surface area contributed by atoms with Gasteiger partial charge in [0.05, 0.1) is 19.8 Å². The van der Waals surface area contributed by atoms with Gasteiger partial charge in [-0.2, -0.15) is 0 Å². The minimum atomic E-state index is 0.653. The van der Waals surface area contributed by atoms with Crippen LogP contribution in [0.1, 0.15) is 31.2 Å². The van der Waals surface area contributed by atoms with Crippen LogP contribution in [-0.2, 0) is 16.1 Å². The largest absolute Gasteiger partial charge is 0.382 e. The molecule has 1 aromatic carbocycles. The first-order valence-electron chi connectivity index (χ1n) is 7.77. The van der Waals surface area contributed by atoms with Gasteiger partial charge in [0.15, 0.2) is 0 Å². The lowest BCUT2D eigenvalue weighted by Crippen LogP contribution is -2.25. The molecule has 20 heavy (non-hydrogen) atoms. The highest BCUT2D eigenvalue weighted by atomic mass is 16.5. The van der Waals surface area contributed by atoms with Gasteiger partial charge in [-0.05, 0) is 48.8 Å². The first-order valence-corrected chi connectivity index (χ1v) is 7.77. The van der Waals surface area contributed by atoms with E-state index in [0.29, 0.717) is 25.9 Å². The van der Waals surface area contributed by atoms with Crippen LogP contribution in [0.4, 0.5) is 5.69 Å². The zero-order valence-corrected chi connectivity index (χ0v) is 12.3. The Morgan fingerprint density at radius 2 is 2.15 bits per heavy atom. The lowest BCUT2D eigenvalue weighted by atomic mass is 9.95. The summed E-state index contributed by atoms with van der Waals surface area (Å²) in [5.74, 6) is 1.89. The number of fused-ring (bicyclic) bond motifs is 2. The molecule has 1 N–H and O–H groups in total. The Kier molecular flexibility index (Phi) is 4.58. The van der Waals surface area contributed by atoms with E-state index in [1.165, 1.54) is 36.9 Å². The number of benzene rings is 1. The smallest absolute Gasteiger partial charge is 0.0718 e. The van der Waals surface area contributed by atoms with Crippen LogP contribution in [-0.4, -0.2) is 26.4 Å². The predicted octanol–water partition coefficient (Wildman–Crippen LogP) is 3.45. The second kappa shape index (κ2) is 6.59. The molecule has 2 bridgehead atoms. The molecule has 0 aromatic heterocycles. The number of ether oxygens (including phenoxy) is 2. The van der Waals surface area contributed by atoms with Crippen LogP contribution in [0.25, 0.3) is 0 Å². The van der Waals surface area contributed by atoms with Gasteiger partial charge in [-0.15, -0.1) is 0 Å².